The number of amides is 1. The number of carbonyl (C=O) groups is 2. The predicted octanol–water partition coefficient (Wildman–Crippen LogP) is 5.44. The van der Waals surface area contributed by atoms with E-state index < -0.39 is 17.7 Å². The van der Waals surface area contributed by atoms with Crippen LogP contribution in [-0.2, 0) is 17.8 Å². The Morgan fingerprint density at radius 3 is 2.42 bits per heavy atom. The molecule has 0 aliphatic rings. The highest BCUT2D eigenvalue weighted by molar-refractivity contribution is 6.31. The van der Waals surface area contributed by atoms with Crippen LogP contribution in [0.3, 0.4) is 0 Å². The molecule has 0 aliphatic heterocycles. The second kappa shape index (κ2) is 9.79. The Hall–Kier alpha value is -3.12. The van der Waals surface area contributed by atoms with Crippen molar-refractivity contribution in [1.29, 1.82) is 0 Å². The van der Waals surface area contributed by atoms with Crippen LogP contribution in [0, 0.1) is 19.7 Å². The highest BCUT2D eigenvalue weighted by atomic mass is 35.5. The molecule has 0 unspecified atom stereocenters. The van der Waals surface area contributed by atoms with E-state index in [1.54, 1.807) is 32.0 Å². The highest BCUT2D eigenvalue weighted by Crippen LogP contribution is 2.25. The van der Waals surface area contributed by atoms with Crippen molar-refractivity contribution in [1.82, 2.24) is 9.88 Å². The average Bonchev–Trinajstić information content (AvgIpc) is 3.03. The molecule has 0 fully saturated rings. The molecule has 0 saturated heterocycles. The molecule has 3 rings (SSSR count). The van der Waals surface area contributed by atoms with Crippen LogP contribution in [0.5, 0.6) is 0 Å². The minimum Gasteiger partial charge on any atom is -0.461 e. The van der Waals surface area contributed by atoms with Gasteiger partial charge in [-0.05, 0) is 55.7 Å². The lowest BCUT2D eigenvalue weighted by atomic mass is 10.1. The summed E-state index contributed by atoms with van der Waals surface area (Å²) in [4.78, 5) is 30.1. The summed E-state index contributed by atoms with van der Waals surface area (Å²) < 4.78 is 19.5. The van der Waals surface area contributed by atoms with Crippen LogP contribution in [0.15, 0.2) is 48.5 Å². The van der Waals surface area contributed by atoms with Crippen molar-refractivity contribution in [3.05, 3.63) is 93.0 Å². The smallest absolute Gasteiger partial charge is 0.355 e. The molecule has 0 aliphatic carbocycles. The minimum atomic E-state index is -0.591. The first-order valence-electron chi connectivity index (χ1n) is 9.95. The molecule has 0 atom stereocenters. The number of halogens is 2. The Bertz CT molecular complexity index is 1110. The molecular weight excluding hydrogens is 419 g/mol. The predicted molar refractivity (Wildman–Crippen MR) is 118 cm³/mol. The van der Waals surface area contributed by atoms with Crippen molar-refractivity contribution in [2.45, 2.75) is 33.9 Å². The van der Waals surface area contributed by atoms with Crippen LogP contribution in [0.2, 0.25) is 5.02 Å². The summed E-state index contributed by atoms with van der Waals surface area (Å²) in [6.07, 6.45) is 0. The van der Waals surface area contributed by atoms with E-state index in [0.29, 0.717) is 16.3 Å². The fourth-order valence-corrected chi connectivity index (χ4v) is 3.66. The van der Waals surface area contributed by atoms with Gasteiger partial charge in [-0.15, -0.1) is 0 Å². The van der Waals surface area contributed by atoms with Crippen molar-refractivity contribution in [2.24, 2.45) is 0 Å². The van der Waals surface area contributed by atoms with E-state index in [-0.39, 0.29) is 25.3 Å². The largest absolute Gasteiger partial charge is 0.461 e. The number of H-pyrrole nitrogens is 1. The summed E-state index contributed by atoms with van der Waals surface area (Å²) in [5.41, 5.74) is 3.29. The molecule has 5 nitrogen and oxygen atoms in total. The maximum absolute atomic E-state index is 14.4. The van der Waals surface area contributed by atoms with Gasteiger partial charge < -0.3 is 14.6 Å². The van der Waals surface area contributed by atoms with Gasteiger partial charge in [0, 0.05) is 23.8 Å². The molecule has 1 heterocycles. The summed E-state index contributed by atoms with van der Waals surface area (Å²) in [6.45, 7) is 5.98. The third-order valence-electron chi connectivity index (χ3n) is 5.13. The molecular formula is C24H24ClFN2O3. The number of rotatable bonds is 7. The summed E-state index contributed by atoms with van der Waals surface area (Å²) in [7, 11) is 0. The molecule has 31 heavy (non-hydrogen) atoms. The molecule has 2 aromatic carbocycles. The molecule has 3 aromatic rings. The number of aromatic nitrogens is 1. The van der Waals surface area contributed by atoms with Gasteiger partial charge in [-0.1, -0.05) is 41.9 Å². The monoisotopic (exact) mass is 442 g/mol. The molecule has 1 N–H and O–H groups in total. The van der Waals surface area contributed by atoms with Crippen LogP contribution in [0.1, 0.15) is 50.2 Å². The summed E-state index contributed by atoms with van der Waals surface area (Å²) in [5, 5.41) is 0.517. The normalized spacial score (nSPS) is 10.7. The average molecular weight is 443 g/mol. The Balaban J connectivity index is 1.99. The van der Waals surface area contributed by atoms with E-state index in [9.17, 15) is 14.0 Å². The SMILES string of the molecule is CCOC(=O)c1[nH]c(C)c(CN(Cc2ccccc2Cl)C(=O)c2ccccc2F)c1C. The molecule has 0 bridgehead atoms. The van der Waals surface area contributed by atoms with Gasteiger partial charge in [0.05, 0.1) is 12.2 Å². The first-order chi connectivity index (χ1) is 14.8. The van der Waals surface area contributed by atoms with Crippen molar-refractivity contribution in [3.8, 4) is 0 Å². The number of benzene rings is 2. The second-order valence-corrected chi connectivity index (χ2v) is 7.59. The van der Waals surface area contributed by atoms with Gasteiger partial charge in [0.1, 0.15) is 11.5 Å². The zero-order valence-electron chi connectivity index (χ0n) is 17.7. The number of nitrogens with zero attached hydrogens (tertiary/aromatic N) is 1. The Morgan fingerprint density at radius 2 is 1.74 bits per heavy atom. The Labute approximate surface area is 185 Å². The van der Waals surface area contributed by atoms with Gasteiger partial charge in [0.2, 0.25) is 0 Å². The van der Waals surface area contributed by atoms with Crippen LogP contribution in [0.25, 0.3) is 0 Å². The maximum Gasteiger partial charge on any atom is 0.355 e. The lowest BCUT2D eigenvalue weighted by Crippen LogP contribution is -2.31. The standard InChI is InChI=1S/C24H24ClFN2O3/c1-4-31-24(30)22-15(2)19(16(3)27-22)14-28(13-17-9-5-7-11-20(17)25)23(29)18-10-6-8-12-21(18)26/h5-12,27H,4,13-14H2,1-3H3. The minimum absolute atomic E-state index is 0.0222. The number of hydrogen-bond acceptors (Lipinski definition) is 3. The van der Waals surface area contributed by atoms with Crippen molar-refractivity contribution < 1.29 is 18.7 Å². The maximum atomic E-state index is 14.4. The van der Waals surface area contributed by atoms with E-state index in [1.807, 2.05) is 19.1 Å². The van der Waals surface area contributed by atoms with Gasteiger partial charge in [-0.25, -0.2) is 9.18 Å². The van der Waals surface area contributed by atoms with Crippen LogP contribution in [-0.4, -0.2) is 28.4 Å². The number of esters is 1. The molecule has 1 amide bonds. The fraction of sp³-hybridized carbons (Fsp3) is 0.250. The van der Waals surface area contributed by atoms with Crippen LogP contribution in [0.4, 0.5) is 4.39 Å². The third kappa shape index (κ3) is 4.97. The van der Waals surface area contributed by atoms with E-state index >= 15 is 0 Å². The van der Waals surface area contributed by atoms with Gasteiger partial charge >= 0.3 is 5.97 Å². The zero-order valence-corrected chi connectivity index (χ0v) is 18.4. The molecule has 7 heteroatoms. The third-order valence-corrected chi connectivity index (χ3v) is 5.50. The second-order valence-electron chi connectivity index (χ2n) is 7.18. The quantitative estimate of drug-likeness (QED) is 0.495. The fourth-order valence-electron chi connectivity index (χ4n) is 3.46. The van der Waals surface area contributed by atoms with Gasteiger partial charge in [-0.2, -0.15) is 0 Å². The summed E-state index contributed by atoms with van der Waals surface area (Å²) >= 11 is 6.32. The number of ether oxygens (including phenoxy) is 1. The Kier molecular flexibility index (Phi) is 7.13. The first-order valence-corrected chi connectivity index (χ1v) is 10.3. The van der Waals surface area contributed by atoms with Gasteiger partial charge in [-0.3, -0.25) is 4.79 Å². The summed E-state index contributed by atoms with van der Waals surface area (Å²) in [6, 6.07) is 13.1. The molecule has 162 valence electrons. The number of aromatic amines is 1. The van der Waals surface area contributed by atoms with E-state index in [0.717, 1.165) is 16.8 Å². The number of aryl methyl sites for hydroxylation is 1. The molecule has 0 radical (unpaired) electrons. The van der Waals surface area contributed by atoms with Crippen molar-refractivity contribution in [2.75, 3.05) is 6.61 Å². The highest BCUT2D eigenvalue weighted by Gasteiger charge is 2.25. The Morgan fingerprint density at radius 1 is 1.06 bits per heavy atom. The first kappa shape index (κ1) is 22.6. The molecule has 1 aromatic heterocycles. The van der Waals surface area contributed by atoms with Crippen LogP contribution >= 0.6 is 11.6 Å². The number of carbonyl (C=O) groups excluding carboxylic acids is 2. The van der Waals surface area contributed by atoms with Crippen molar-refractivity contribution >= 4 is 23.5 Å². The lowest BCUT2D eigenvalue weighted by Gasteiger charge is -2.24. The van der Waals surface area contributed by atoms with Crippen LogP contribution < -0.4 is 0 Å². The molecule has 0 saturated carbocycles. The lowest BCUT2D eigenvalue weighted by molar-refractivity contribution is 0.0519. The van der Waals surface area contributed by atoms with Crippen molar-refractivity contribution in [3.63, 3.8) is 0 Å². The number of nitrogens with one attached hydrogen (secondary N) is 1. The van der Waals surface area contributed by atoms with Gasteiger partial charge in [0.25, 0.3) is 5.91 Å². The zero-order chi connectivity index (χ0) is 22.5. The number of hydrogen-bond donors (Lipinski definition) is 1. The topological polar surface area (TPSA) is 62.4 Å². The van der Waals surface area contributed by atoms with E-state index in [2.05, 4.69) is 4.98 Å². The molecule has 0 spiro atoms. The van der Waals surface area contributed by atoms with Gasteiger partial charge in [0.15, 0.2) is 0 Å². The summed E-state index contributed by atoms with van der Waals surface area (Å²) in [5.74, 6) is -1.51. The van der Waals surface area contributed by atoms with E-state index in [4.69, 9.17) is 16.3 Å². The van der Waals surface area contributed by atoms with E-state index in [1.165, 1.54) is 23.1 Å².